The highest BCUT2D eigenvalue weighted by atomic mass is 35.5. The van der Waals surface area contributed by atoms with E-state index in [9.17, 15) is 9.59 Å². The summed E-state index contributed by atoms with van der Waals surface area (Å²) in [6.07, 6.45) is -0.610. The van der Waals surface area contributed by atoms with Crippen molar-refractivity contribution in [2.75, 3.05) is 6.54 Å². The van der Waals surface area contributed by atoms with Crippen LogP contribution in [0.25, 0.3) is 0 Å². The molecule has 0 bridgehead atoms. The first kappa shape index (κ1) is 20.3. The van der Waals surface area contributed by atoms with Crippen LogP contribution in [0.5, 0.6) is 0 Å². The van der Waals surface area contributed by atoms with E-state index in [-0.39, 0.29) is 19.0 Å². The van der Waals surface area contributed by atoms with Gasteiger partial charge >= 0.3 is 12.1 Å². The summed E-state index contributed by atoms with van der Waals surface area (Å²) in [7, 11) is 0. The summed E-state index contributed by atoms with van der Waals surface area (Å²) in [5.41, 5.74) is 4.41. The number of halogens is 1. The molecule has 19 heavy (non-hydrogen) atoms. The molecule has 6 nitrogen and oxygen atoms in total. The van der Waals surface area contributed by atoms with E-state index in [0.29, 0.717) is 0 Å². The molecule has 0 radical (unpaired) electrons. The average Bonchev–Trinajstić information content (AvgIpc) is 2.08. The highest BCUT2D eigenvalue weighted by Gasteiger charge is 2.23. The van der Waals surface area contributed by atoms with Crippen LogP contribution in [0, 0.1) is 0 Å². The van der Waals surface area contributed by atoms with Gasteiger partial charge in [-0.05, 0) is 41.5 Å². The summed E-state index contributed by atoms with van der Waals surface area (Å²) in [6, 6.07) is -0.906. The molecule has 0 aromatic heterocycles. The zero-order valence-corrected chi connectivity index (χ0v) is 13.2. The minimum atomic E-state index is -0.906. The minimum Gasteiger partial charge on any atom is -0.459 e. The van der Waals surface area contributed by atoms with Crippen molar-refractivity contribution in [1.82, 2.24) is 5.32 Å². The Kier molecular flexibility index (Phi) is 8.07. The Morgan fingerprint density at radius 2 is 1.47 bits per heavy atom. The highest BCUT2D eigenvalue weighted by Crippen LogP contribution is 2.08. The van der Waals surface area contributed by atoms with E-state index in [4.69, 9.17) is 15.2 Å². The molecule has 0 aliphatic heterocycles. The van der Waals surface area contributed by atoms with E-state index >= 15 is 0 Å². The number of hydrogen-bond acceptors (Lipinski definition) is 5. The SMILES string of the molecule is CC(C)(C)OC(=O)NCC(N)C(=O)OC(C)(C)C.Cl. The first-order chi connectivity index (χ1) is 7.91. The third kappa shape index (κ3) is 11.8. The van der Waals surface area contributed by atoms with Gasteiger partial charge in [0.1, 0.15) is 17.2 Å². The van der Waals surface area contributed by atoms with E-state index < -0.39 is 29.3 Å². The van der Waals surface area contributed by atoms with Gasteiger partial charge < -0.3 is 20.5 Å². The molecular formula is C12H25ClN2O4. The predicted molar refractivity (Wildman–Crippen MR) is 75.3 cm³/mol. The lowest BCUT2D eigenvalue weighted by Crippen LogP contribution is -2.46. The van der Waals surface area contributed by atoms with Gasteiger partial charge in [-0.25, -0.2) is 4.79 Å². The van der Waals surface area contributed by atoms with Crippen LogP contribution in [0.4, 0.5) is 4.79 Å². The summed E-state index contributed by atoms with van der Waals surface area (Å²) >= 11 is 0. The second kappa shape index (κ2) is 7.55. The second-order valence-corrected chi connectivity index (χ2v) is 6.02. The molecule has 0 aromatic carbocycles. The van der Waals surface area contributed by atoms with Crippen LogP contribution >= 0.6 is 12.4 Å². The molecule has 3 N–H and O–H groups in total. The molecule has 0 fully saturated rings. The fourth-order valence-corrected chi connectivity index (χ4v) is 0.968. The molecule has 114 valence electrons. The van der Waals surface area contributed by atoms with Crippen molar-refractivity contribution in [1.29, 1.82) is 0 Å². The Balaban J connectivity index is 0. The fourth-order valence-electron chi connectivity index (χ4n) is 0.968. The smallest absolute Gasteiger partial charge is 0.407 e. The first-order valence-electron chi connectivity index (χ1n) is 5.86. The van der Waals surface area contributed by atoms with Gasteiger partial charge in [-0.2, -0.15) is 0 Å². The lowest BCUT2D eigenvalue weighted by molar-refractivity contribution is -0.156. The maximum atomic E-state index is 11.5. The van der Waals surface area contributed by atoms with Gasteiger partial charge in [0.15, 0.2) is 0 Å². The van der Waals surface area contributed by atoms with Crippen molar-refractivity contribution in [3.05, 3.63) is 0 Å². The number of carbonyl (C=O) groups is 2. The van der Waals surface area contributed by atoms with Crippen molar-refractivity contribution >= 4 is 24.5 Å². The molecule has 1 amide bonds. The van der Waals surface area contributed by atoms with Crippen LogP contribution < -0.4 is 11.1 Å². The normalized spacial score (nSPS) is 13.0. The predicted octanol–water partition coefficient (Wildman–Crippen LogP) is 1.60. The third-order valence-electron chi connectivity index (χ3n) is 1.57. The van der Waals surface area contributed by atoms with Gasteiger partial charge in [-0.3, -0.25) is 4.79 Å². The zero-order chi connectivity index (χ0) is 14.6. The molecule has 1 unspecified atom stereocenters. The molecule has 0 aliphatic rings. The van der Waals surface area contributed by atoms with E-state index in [0.717, 1.165) is 0 Å². The van der Waals surface area contributed by atoms with Crippen LogP contribution in [-0.2, 0) is 14.3 Å². The number of nitrogens with two attached hydrogens (primary N) is 1. The topological polar surface area (TPSA) is 90.6 Å². The van der Waals surface area contributed by atoms with Crippen LogP contribution in [0.2, 0.25) is 0 Å². The number of esters is 1. The number of carbonyl (C=O) groups excluding carboxylic acids is 2. The van der Waals surface area contributed by atoms with Gasteiger partial charge in [0.05, 0.1) is 0 Å². The summed E-state index contributed by atoms with van der Waals surface area (Å²) in [5.74, 6) is -0.557. The maximum Gasteiger partial charge on any atom is 0.407 e. The summed E-state index contributed by atoms with van der Waals surface area (Å²) in [5, 5.41) is 2.42. The molecule has 0 saturated carbocycles. The molecule has 0 saturated heterocycles. The maximum absolute atomic E-state index is 11.5. The van der Waals surface area contributed by atoms with Crippen LogP contribution in [0.15, 0.2) is 0 Å². The molecule has 0 spiro atoms. The van der Waals surface area contributed by atoms with Gasteiger partial charge in [-0.15, -0.1) is 12.4 Å². The van der Waals surface area contributed by atoms with Crippen molar-refractivity contribution in [2.45, 2.75) is 58.8 Å². The summed E-state index contributed by atoms with van der Waals surface area (Å²) in [6.45, 7) is 10.5. The van der Waals surface area contributed by atoms with E-state index in [1.807, 2.05) is 0 Å². The van der Waals surface area contributed by atoms with Crippen LogP contribution in [-0.4, -0.2) is 35.9 Å². The van der Waals surface area contributed by atoms with Crippen molar-refractivity contribution in [3.8, 4) is 0 Å². The molecule has 7 heteroatoms. The van der Waals surface area contributed by atoms with Gasteiger partial charge in [-0.1, -0.05) is 0 Å². The quantitative estimate of drug-likeness (QED) is 0.772. The van der Waals surface area contributed by atoms with Gasteiger partial charge in [0.2, 0.25) is 0 Å². The standard InChI is InChI=1S/C12H24N2O4.ClH/c1-11(2,3)17-9(15)8(13)7-14-10(16)18-12(4,5)6;/h8H,7,13H2,1-6H3,(H,14,16);1H. The van der Waals surface area contributed by atoms with E-state index in [1.54, 1.807) is 41.5 Å². The Morgan fingerprint density at radius 3 is 1.84 bits per heavy atom. The minimum absolute atomic E-state index is 0. The van der Waals surface area contributed by atoms with Crippen molar-refractivity contribution in [2.24, 2.45) is 5.73 Å². The molecule has 1 atom stereocenters. The van der Waals surface area contributed by atoms with Crippen LogP contribution in [0.3, 0.4) is 0 Å². The summed E-state index contributed by atoms with van der Waals surface area (Å²) < 4.78 is 10.1. The number of nitrogens with one attached hydrogen (secondary N) is 1. The zero-order valence-electron chi connectivity index (χ0n) is 12.4. The number of ether oxygens (including phenoxy) is 2. The number of hydrogen-bond donors (Lipinski definition) is 2. The summed E-state index contributed by atoms with van der Waals surface area (Å²) in [4.78, 5) is 22.8. The lowest BCUT2D eigenvalue weighted by atomic mass is 10.2. The largest absolute Gasteiger partial charge is 0.459 e. The van der Waals surface area contributed by atoms with Crippen molar-refractivity contribution in [3.63, 3.8) is 0 Å². The highest BCUT2D eigenvalue weighted by molar-refractivity contribution is 5.85. The number of rotatable bonds is 3. The molecule has 0 rings (SSSR count). The average molecular weight is 297 g/mol. The molecule has 0 aromatic rings. The van der Waals surface area contributed by atoms with E-state index in [1.165, 1.54) is 0 Å². The Hall–Kier alpha value is -1.01. The molecular weight excluding hydrogens is 272 g/mol. The Bertz CT molecular complexity index is 308. The number of alkyl carbamates (subject to hydrolysis) is 1. The van der Waals surface area contributed by atoms with Crippen molar-refractivity contribution < 1.29 is 19.1 Å². The monoisotopic (exact) mass is 296 g/mol. The first-order valence-corrected chi connectivity index (χ1v) is 5.86. The van der Waals surface area contributed by atoms with E-state index in [2.05, 4.69) is 5.32 Å². The van der Waals surface area contributed by atoms with Crippen LogP contribution in [0.1, 0.15) is 41.5 Å². The molecule has 0 aliphatic carbocycles. The third-order valence-corrected chi connectivity index (χ3v) is 1.57. The van der Waals surface area contributed by atoms with Gasteiger partial charge in [0.25, 0.3) is 0 Å². The Morgan fingerprint density at radius 1 is 1.05 bits per heavy atom. The fraction of sp³-hybridized carbons (Fsp3) is 0.833. The number of amides is 1. The lowest BCUT2D eigenvalue weighted by Gasteiger charge is -2.23. The second-order valence-electron chi connectivity index (χ2n) is 6.02. The van der Waals surface area contributed by atoms with Gasteiger partial charge in [0, 0.05) is 6.54 Å². The molecule has 0 heterocycles. The Labute approximate surface area is 120 Å².